The van der Waals surface area contributed by atoms with Crippen molar-refractivity contribution >= 4 is 10.9 Å². The van der Waals surface area contributed by atoms with Gasteiger partial charge in [-0.25, -0.2) is 4.98 Å². The van der Waals surface area contributed by atoms with Crippen LogP contribution in [0, 0.1) is 0 Å². The molecule has 2 aromatic heterocycles. The molecule has 2 heterocycles. The second-order valence-corrected chi connectivity index (χ2v) is 4.42. The number of nitrogens with zero attached hydrogens (tertiary/aromatic N) is 2. The number of hydrogen-bond acceptors (Lipinski definition) is 3. The molecule has 0 aliphatic rings. The van der Waals surface area contributed by atoms with Crippen LogP contribution in [0.1, 0.15) is 13.3 Å². The first-order valence-electron chi connectivity index (χ1n) is 6.41. The van der Waals surface area contributed by atoms with Crippen molar-refractivity contribution in [3.8, 4) is 17.2 Å². The van der Waals surface area contributed by atoms with E-state index in [1.54, 1.807) is 13.3 Å². The van der Waals surface area contributed by atoms with Crippen molar-refractivity contribution in [1.29, 1.82) is 0 Å². The van der Waals surface area contributed by atoms with E-state index in [1.165, 1.54) is 6.39 Å². The summed E-state index contributed by atoms with van der Waals surface area (Å²) in [4.78, 5) is 4.00. The van der Waals surface area contributed by atoms with Gasteiger partial charge in [-0.2, -0.15) is 0 Å². The van der Waals surface area contributed by atoms with Gasteiger partial charge in [0.15, 0.2) is 12.2 Å². The van der Waals surface area contributed by atoms with Gasteiger partial charge in [-0.3, -0.25) is 0 Å². The summed E-state index contributed by atoms with van der Waals surface area (Å²) in [7, 11) is 1.69. The van der Waals surface area contributed by atoms with Gasteiger partial charge in [-0.1, -0.05) is 25.1 Å². The predicted octanol–water partition coefficient (Wildman–Crippen LogP) is 3.71. The number of aryl methyl sites for hydroxylation is 1. The molecule has 1 aromatic carbocycles. The lowest BCUT2D eigenvalue weighted by Crippen LogP contribution is -2.00. The number of para-hydroxylation sites is 1. The number of methoxy groups -OCH3 is 1. The van der Waals surface area contributed by atoms with E-state index in [9.17, 15) is 0 Å². The van der Waals surface area contributed by atoms with Crippen molar-refractivity contribution in [2.24, 2.45) is 0 Å². The van der Waals surface area contributed by atoms with Crippen molar-refractivity contribution in [2.75, 3.05) is 7.11 Å². The average Bonchev–Trinajstić information content (AvgIpc) is 3.05. The van der Waals surface area contributed by atoms with E-state index in [2.05, 4.69) is 28.6 Å². The molecule has 0 saturated carbocycles. The summed E-state index contributed by atoms with van der Waals surface area (Å²) in [6.07, 6.45) is 4.21. The smallest absolute Gasteiger partial charge is 0.205 e. The molecule has 0 bridgehead atoms. The van der Waals surface area contributed by atoms with Gasteiger partial charge in [0.25, 0.3) is 0 Å². The fraction of sp³-hybridized carbons (Fsp3) is 0.267. The first-order valence-corrected chi connectivity index (χ1v) is 6.41. The molecule has 19 heavy (non-hydrogen) atoms. The Balaban J connectivity index is 2.36. The molecule has 4 nitrogen and oxygen atoms in total. The molecule has 0 atom stereocenters. The molecule has 0 fully saturated rings. The van der Waals surface area contributed by atoms with Crippen molar-refractivity contribution in [2.45, 2.75) is 19.9 Å². The van der Waals surface area contributed by atoms with Crippen LogP contribution in [0.25, 0.3) is 22.2 Å². The highest BCUT2D eigenvalue weighted by Gasteiger charge is 2.20. The Morgan fingerprint density at radius 2 is 2.16 bits per heavy atom. The molecular formula is C15H16N2O2. The van der Waals surface area contributed by atoms with E-state index in [0.717, 1.165) is 41.1 Å². The summed E-state index contributed by atoms with van der Waals surface area (Å²) in [6, 6.07) is 8.26. The third-order valence-electron chi connectivity index (χ3n) is 3.24. The highest BCUT2D eigenvalue weighted by Crippen LogP contribution is 2.39. The first-order chi connectivity index (χ1) is 9.36. The second kappa shape index (κ2) is 4.80. The van der Waals surface area contributed by atoms with E-state index in [4.69, 9.17) is 9.15 Å². The molecule has 0 radical (unpaired) electrons. The van der Waals surface area contributed by atoms with Gasteiger partial charge in [0, 0.05) is 11.9 Å². The van der Waals surface area contributed by atoms with E-state index in [0.29, 0.717) is 0 Å². The number of ether oxygens (including phenoxy) is 1. The molecule has 3 rings (SSSR count). The maximum atomic E-state index is 5.61. The van der Waals surface area contributed by atoms with Gasteiger partial charge < -0.3 is 13.7 Å². The van der Waals surface area contributed by atoms with Gasteiger partial charge in [-0.05, 0) is 12.5 Å². The molecule has 4 heteroatoms. The second-order valence-electron chi connectivity index (χ2n) is 4.42. The summed E-state index contributed by atoms with van der Waals surface area (Å²) in [5.74, 6) is 1.57. The van der Waals surface area contributed by atoms with Crippen LogP contribution in [-0.4, -0.2) is 16.7 Å². The summed E-state index contributed by atoms with van der Waals surface area (Å²) in [6.45, 7) is 3.07. The molecule has 0 amide bonds. The lowest BCUT2D eigenvalue weighted by molar-refractivity contribution is 0.375. The summed E-state index contributed by atoms with van der Waals surface area (Å²) in [5.41, 5.74) is 2.14. The largest absolute Gasteiger partial charge is 0.482 e. The van der Waals surface area contributed by atoms with Crippen LogP contribution < -0.4 is 4.74 Å². The van der Waals surface area contributed by atoms with Crippen molar-refractivity contribution < 1.29 is 9.15 Å². The number of rotatable bonds is 4. The Labute approximate surface area is 111 Å². The van der Waals surface area contributed by atoms with E-state index < -0.39 is 0 Å². The molecule has 0 unspecified atom stereocenters. The zero-order valence-corrected chi connectivity index (χ0v) is 11.1. The van der Waals surface area contributed by atoms with Gasteiger partial charge in [0.05, 0.1) is 24.4 Å². The molecule has 3 aromatic rings. The minimum atomic E-state index is 0.739. The molecule has 0 aliphatic heterocycles. The minimum absolute atomic E-state index is 0.739. The van der Waals surface area contributed by atoms with Gasteiger partial charge >= 0.3 is 0 Å². The quantitative estimate of drug-likeness (QED) is 0.714. The molecule has 0 N–H and O–H groups in total. The Morgan fingerprint density at radius 3 is 2.84 bits per heavy atom. The van der Waals surface area contributed by atoms with Crippen molar-refractivity contribution in [1.82, 2.24) is 9.55 Å². The Morgan fingerprint density at radius 1 is 1.32 bits per heavy atom. The normalized spacial score (nSPS) is 11.1. The molecule has 98 valence electrons. The van der Waals surface area contributed by atoms with Crippen LogP contribution in [-0.2, 0) is 6.54 Å². The Hall–Kier alpha value is -2.23. The topological polar surface area (TPSA) is 40.2 Å². The minimum Gasteiger partial charge on any atom is -0.482 e. The van der Waals surface area contributed by atoms with Gasteiger partial charge in [0.2, 0.25) is 5.88 Å². The van der Waals surface area contributed by atoms with Crippen LogP contribution in [0.4, 0.5) is 0 Å². The third kappa shape index (κ3) is 1.80. The zero-order valence-electron chi connectivity index (χ0n) is 11.1. The van der Waals surface area contributed by atoms with Crippen molar-refractivity contribution in [3.05, 3.63) is 36.9 Å². The van der Waals surface area contributed by atoms with Gasteiger partial charge in [0.1, 0.15) is 0 Å². The molecule has 0 saturated heterocycles. The number of benzene rings is 1. The number of fused-ring (bicyclic) bond motifs is 1. The van der Waals surface area contributed by atoms with Gasteiger partial charge in [-0.15, -0.1) is 0 Å². The van der Waals surface area contributed by atoms with Crippen LogP contribution in [0.5, 0.6) is 5.88 Å². The standard InChI is InChI=1S/C15H16N2O2/c1-3-8-17-12-7-5-4-6-11(12)14(15(17)18-2)13-9-16-10-19-13/h4-7,9-10H,3,8H2,1-2H3. The number of hydrogen-bond donors (Lipinski definition) is 0. The maximum absolute atomic E-state index is 5.61. The average molecular weight is 256 g/mol. The van der Waals surface area contributed by atoms with E-state index in [1.807, 2.05) is 12.1 Å². The van der Waals surface area contributed by atoms with Crippen LogP contribution >= 0.6 is 0 Å². The fourth-order valence-corrected chi connectivity index (χ4v) is 2.52. The van der Waals surface area contributed by atoms with Crippen LogP contribution in [0.15, 0.2) is 41.3 Å². The van der Waals surface area contributed by atoms with E-state index >= 15 is 0 Å². The summed E-state index contributed by atoms with van der Waals surface area (Å²) < 4.78 is 13.3. The molecular weight excluding hydrogens is 240 g/mol. The lowest BCUT2D eigenvalue weighted by Gasteiger charge is -2.08. The van der Waals surface area contributed by atoms with Crippen LogP contribution in [0.2, 0.25) is 0 Å². The van der Waals surface area contributed by atoms with Crippen LogP contribution in [0.3, 0.4) is 0 Å². The predicted molar refractivity (Wildman–Crippen MR) is 74.3 cm³/mol. The fourth-order valence-electron chi connectivity index (χ4n) is 2.52. The summed E-state index contributed by atoms with van der Waals surface area (Å²) in [5, 5.41) is 1.13. The Kier molecular flexibility index (Phi) is 2.99. The monoisotopic (exact) mass is 256 g/mol. The highest BCUT2D eigenvalue weighted by molar-refractivity contribution is 5.98. The zero-order chi connectivity index (χ0) is 13.2. The maximum Gasteiger partial charge on any atom is 0.205 e. The van der Waals surface area contributed by atoms with E-state index in [-0.39, 0.29) is 0 Å². The molecule has 0 aliphatic carbocycles. The van der Waals surface area contributed by atoms with Crippen molar-refractivity contribution in [3.63, 3.8) is 0 Å². The number of oxazole rings is 1. The third-order valence-corrected chi connectivity index (χ3v) is 3.24. The first kappa shape index (κ1) is 11.8. The Bertz CT molecular complexity index is 684. The number of aromatic nitrogens is 2. The lowest BCUT2D eigenvalue weighted by atomic mass is 10.1. The molecule has 0 spiro atoms. The summed E-state index contributed by atoms with van der Waals surface area (Å²) >= 11 is 0. The SMILES string of the molecule is CCCn1c(OC)c(-c2cnco2)c2ccccc21. The highest BCUT2D eigenvalue weighted by atomic mass is 16.5.